The second-order valence-electron chi connectivity index (χ2n) is 8.27. The summed E-state index contributed by atoms with van der Waals surface area (Å²) in [4.78, 5) is 48.0. The molecule has 182 valence electrons. The molecule has 35 heavy (non-hydrogen) atoms. The minimum atomic E-state index is -1.50. The van der Waals surface area contributed by atoms with E-state index in [1.54, 1.807) is 12.1 Å². The number of aromatic nitrogens is 1. The lowest BCUT2D eigenvalue weighted by Crippen LogP contribution is -2.32. The molecule has 0 fully saturated rings. The van der Waals surface area contributed by atoms with Crippen molar-refractivity contribution in [2.75, 3.05) is 0 Å². The molecule has 9 heteroatoms. The molecule has 0 amide bonds. The number of pyridine rings is 1. The monoisotopic (exact) mass is 480 g/mol. The average Bonchev–Trinajstić information content (AvgIpc) is 2.80. The van der Waals surface area contributed by atoms with Gasteiger partial charge in [0.05, 0.1) is 22.3 Å². The average molecular weight is 480 g/mol. The van der Waals surface area contributed by atoms with E-state index in [-0.39, 0.29) is 12.0 Å². The first-order valence-electron chi connectivity index (χ1n) is 11.2. The third-order valence-electron chi connectivity index (χ3n) is 5.89. The van der Waals surface area contributed by atoms with Crippen LogP contribution in [-0.4, -0.2) is 44.3 Å². The lowest BCUT2D eigenvalue weighted by molar-refractivity contribution is -0.697. The fourth-order valence-corrected chi connectivity index (χ4v) is 4.23. The number of aromatic carboxylic acids is 4. The number of carboxylic acid groups (broad SMARTS) is 4. The normalized spacial score (nSPS) is 10.9. The van der Waals surface area contributed by atoms with Crippen LogP contribution in [-0.2, 0) is 13.0 Å². The maximum Gasteiger partial charge on any atom is 0.336 e. The van der Waals surface area contributed by atoms with Crippen LogP contribution >= 0.6 is 0 Å². The van der Waals surface area contributed by atoms with Gasteiger partial charge in [0, 0.05) is 29.3 Å². The van der Waals surface area contributed by atoms with E-state index in [4.69, 9.17) is 0 Å². The smallest absolute Gasteiger partial charge is 0.336 e. The van der Waals surface area contributed by atoms with Gasteiger partial charge in [0.1, 0.15) is 6.54 Å². The molecule has 0 aliphatic rings. The van der Waals surface area contributed by atoms with Crippen LogP contribution in [0.3, 0.4) is 0 Å². The fourth-order valence-electron chi connectivity index (χ4n) is 4.23. The molecule has 2 aromatic carbocycles. The van der Waals surface area contributed by atoms with Crippen LogP contribution in [0.15, 0.2) is 42.7 Å². The van der Waals surface area contributed by atoms with Gasteiger partial charge in [0.2, 0.25) is 0 Å². The molecule has 0 unspecified atom stereocenters. The third-order valence-corrected chi connectivity index (χ3v) is 5.89. The van der Waals surface area contributed by atoms with Gasteiger partial charge in [-0.05, 0) is 42.2 Å². The minimum Gasteiger partial charge on any atom is -0.478 e. The van der Waals surface area contributed by atoms with Crippen molar-refractivity contribution in [3.05, 3.63) is 76.1 Å². The van der Waals surface area contributed by atoms with Crippen LogP contribution in [0.2, 0.25) is 0 Å². The molecule has 0 saturated heterocycles. The van der Waals surface area contributed by atoms with Gasteiger partial charge in [-0.1, -0.05) is 19.8 Å². The van der Waals surface area contributed by atoms with Gasteiger partial charge in [-0.25, -0.2) is 23.7 Å². The van der Waals surface area contributed by atoms with Gasteiger partial charge in [-0.2, -0.15) is 0 Å². The minimum absolute atomic E-state index is 0.0187. The number of unbranched alkanes of at least 4 members (excludes halogenated alkanes) is 3. The molecule has 4 N–H and O–H groups in total. The zero-order chi connectivity index (χ0) is 25.7. The summed E-state index contributed by atoms with van der Waals surface area (Å²) in [5, 5.41) is 38.2. The van der Waals surface area contributed by atoms with Crippen molar-refractivity contribution in [2.24, 2.45) is 0 Å². The Labute approximate surface area is 200 Å². The molecule has 3 rings (SSSR count). The van der Waals surface area contributed by atoms with Gasteiger partial charge in [-0.3, -0.25) is 0 Å². The number of fused-ring (bicyclic) bond motifs is 1. The highest BCUT2D eigenvalue weighted by atomic mass is 16.4. The topological polar surface area (TPSA) is 153 Å². The van der Waals surface area contributed by atoms with Crippen molar-refractivity contribution < 1.29 is 44.2 Å². The third kappa shape index (κ3) is 5.46. The number of benzene rings is 2. The number of carbonyl (C=O) groups is 4. The summed E-state index contributed by atoms with van der Waals surface area (Å²) in [5.74, 6) is -5.96. The summed E-state index contributed by atoms with van der Waals surface area (Å²) >= 11 is 0. The molecule has 0 bridgehead atoms. The molecule has 0 aliphatic carbocycles. The SMILES string of the molecule is CCCCCC[n+]1ccc(Cc2cc(C(=O)O)c3c(C(=O)O)ccc(C(=O)O)c3c2C(=O)O)cc1. The van der Waals surface area contributed by atoms with Crippen molar-refractivity contribution in [3.8, 4) is 0 Å². The number of aryl methyl sites for hydroxylation is 1. The largest absolute Gasteiger partial charge is 0.478 e. The highest BCUT2D eigenvalue weighted by Gasteiger charge is 2.28. The van der Waals surface area contributed by atoms with E-state index >= 15 is 0 Å². The molecule has 1 aromatic heterocycles. The Morgan fingerprint density at radius 2 is 1.29 bits per heavy atom. The standard InChI is InChI=1S/C26H25NO8/c1-2-3-4-5-10-27-11-8-15(9-12-27)13-16-14-19(25(32)33)21-17(23(28)29)6-7-18(24(30)31)22(21)20(16)26(34)35/h6-9,11-12,14H,2-5,10,13H2,1H3,(H3-,28,29,30,31,32,33,34,35)/p+1. The predicted octanol–water partition coefficient (Wildman–Crippen LogP) is 4.09. The van der Waals surface area contributed by atoms with Crippen LogP contribution in [0.1, 0.15) is 85.2 Å². The highest BCUT2D eigenvalue weighted by molar-refractivity contribution is 6.22. The van der Waals surface area contributed by atoms with Crippen molar-refractivity contribution in [2.45, 2.75) is 45.6 Å². The molecule has 0 radical (unpaired) electrons. The van der Waals surface area contributed by atoms with Crippen molar-refractivity contribution in [1.29, 1.82) is 0 Å². The zero-order valence-electron chi connectivity index (χ0n) is 19.2. The molecule has 0 aliphatic heterocycles. The number of nitrogens with zero attached hydrogens (tertiary/aromatic N) is 1. The van der Waals surface area contributed by atoms with Crippen LogP contribution in [0.4, 0.5) is 0 Å². The van der Waals surface area contributed by atoms with E-state index in [1.807, 2.05) is 17.0 Å². The second kappa shape index (κ2) is 10.8. The van der Waals surface area contributed by atoms with Crippen LogP contribution in [0, 0.1) is 0 Å². The Hall–Kier alpha value is -4.27. The maximum atomic E-state index is 12.3. The first kappa shape index (κ1) is 25.4. The van der Waals surface area contributed by atoms with Crippen molar-refractivity contribution >= 4 is 34.6 Å². The first-order valence-corrected chi connectivity index (χ1v) is 11.2. The molecule has 0 saturated carbocycles. The van der Waals surface area contributed by atoms with E-state index in [1.165, 1.54) is 0 Å². The Bertz CT molecular complexity index is 1310. The molecule has 0 spiro atoms. The summed E-state index contributed by atoms with van der Waals surface area (Å²) in [7, 11) is 0. The zero-order valence-corrected chi connectivity index (χ0v) is 19.2. The molecule has 3 aromatic rings. The van der Waals surface area contributed by atoms with Gasteiger partial charge >= 0.3 is 23.9 Å². The number of hydrogen-bond acceptors (Lipinski definition) is 4. The molecule has 9 nitrogen and oxygen atoms in total. The van der Waals surface area contributed by atoms with E-state index in [2.05, 4.69) is 6.92 Å². The van der Waals surface area contributed by atoms with E-state index in [0.717, 1.165) is 50.4 Å². The van der Waals surface area contributed by atoms with Gasteiger partial charge in [0.15, 0.2) is 12.4 Å². The van der Waals surface area contributed by atoms with E-state index in [9.17, 15) is 39.6 Å². The van der Waals surface area contributed by atoms with Crippen LogP contribution in [0.5, 0.6) is 0 Å². The van der Waals surface area contributed by atoms with Crippen molar-refractivity contribution in [3.63, 3.8) is 0 Å². The lowest BCUT2D eigenvalue weighted by atomic mass is 9.86. The Morgan fingerprint density at radius 1 is 0.714 bits per heavy atom. The quantitative estimate of drug-likeness (QED) is 0.236. The maximum absolute atomic E-state index is 12.3. The van der Waals surface area contributed by atoms with Crippen LogP contribution in [0.25, 0.3) is 10.8 Å². The Balaban J connectivity index is 2.17. The summed E-state index contributed by atoms with van der Waals surface area (Å²) in [6.45, 7) is 2.97. The molecular weight excluding hydrogens is 454 g/mol. The first-order chi connectivity index (χ1) is 16.6. The summed E-state index contributed by atoms with van der Waals surface area (Å²) in [6.07, 6.45) is 8.16. The fraction of sp³-hybridized carbons (Fsp3) is 0.269. The summed E-state index contributed by atoms with van der Waals surface area (Å²) in [5.41, 5.74) is -1.10. The van der Waals surface area contributed by atoms with Gasteiger partial charge in [-0.15, -0.1) is 0 Å². The van der Waals surface area contributed by atoms with Crippen LogP contribution < -0.4 is 4.57 Å². The number of hydrogen-bond donors (Lipinski definition) is 4. The number of carboxylic acids is 4. The van der Waals surface area contributed by atoms with Gasteiger partial charge in [0.25, 0.3) is 0 Å². The van der Waals surface area contributed by atoms with Crippen molar-refractivity contribution in [1.82, 2.24) is 0 Å². The lowest BCUT2D eigenvalue weighted by Gasteiger charge is -2.16. The van der Waals surface area contributed by atoms with Gasteiger partial charge < -0.3 is 20.4 Å². The summed E-state index contributed by atoms with van der Waals surface area (Å²) in [6, 6.07) is 6.67. The second-order valence-corrected chi connectivity index (χ2v) is 8.27. The predicted molar refractivity (Wildman–Crippen MR) is 125 cm³/mol. The Morgan fingerprint density at radius 3 is 1.80 bits per heavy atom. The highest BCUT2D eigenvalue weighted by Crippen LogP contribution is 2.34. The summed E-state index contributed by atoms with van der Waals surface area (Å²) < 4.78 is 2.00. The van der Waals surface area contributed by atoms with E-state index < -0.39 is 56.9 Å². The molecule has 1 heterocycles. The number of rotatable bonds is 11. The van der Waals surface area contributed by atoms with E-state index in [0.29, 0.717) is 5.56 Å². The molecule has 0 atom stereocenters. The Kier molecular flexibility index (Phi) is 7.80. The molecular formula is C26H26NO8+.